The summed E-state index contributed by atoms with van der Waals surface area (Å²) in [4.78, 5) is 25.1. The van der Waals surface area contributed by atoms with E-state index in [0.717, 1.165) is 5.56 Å². The first-order chi connectivity index (χ1) is 15.0. The van der Waals surface area contributed by atoms with Gasteiger partial charge in [-0.2, -0.15) is 0 Å². The van der Waals surface area contributed by atoms with Gasteiger partial charge in [-0.25, -0.2) is 19.7 Å². The van der Waals surface area contributed by atoms with Crippen molar-refractivity contribution in [2.75, 3.05) is 19.0 Å². The topological polar surface area (TPSA) is 152 Å². The molecule has 1 aliphatic rings. The van der Waals surface area contributed by atoms with Gasteiger partial charge in [0.2, 0.25) is 0 Å². The standard InChI is InChI=1S/C20H23N5O6/c1-30-20(29)12(7-11-5-3-2-4-6-11)24-17-14-18(22-9-21-17)25(10-23-14)19-16(28)15(27)13(8-26)31-19/h2-6,9-10,12-13,15-16,19,26-28H,7-8H2,1H3,(H,21,22,24)/t12-,13-,15?,16?,19-/m1/s1. The van der Waals surface area contributed by atoms with Crippen LogP contribution in [0.3, 0.4) is 0 Å². The number of carbonyl (C=O) groups is 1. The number of aromatic nitrogens is 4. The van der Waals surface area contributed by atoms with Crippen molar-refractivity contribution in [3.05, 3.63) is 48.5 Å². The van der Waals surface area contributed by atoms with Crippen LogP contribution in [-0.4, -0.2) is 78.9 Å². The highest BCUT2D eigenvalue weighted by Crippen LogP contribution is 2.32. The maximum atomic E-state index is 12.4. The Morgan fingerprint density at radius 3 is 2.68 bits per heavy atom. The minimum absolute atomic E-state index is 0.307. The number of imidazole rings is 1. The minimum Gasteiger partial charge on any atom is -0.467 e. The van der Waals surface area contributed by atoms with Crippen LogP contribution in [0.15, 0.2) is 43.0 Å². The van der Waals surface area contributed by atoms with E-state index in [4.69, 9.17) is 9.47 Å². The van der Waals surface area contributed by atoms with Crippen LogP contribution in [0.4, 0.5) is 5.82 Å². The first-order valence-electron chi connectivity index (χ1n) is 9.71. The molecular formula is C20H23N5O6. The summed E-state index contributed by atoms with van der Waals surface area (Å²) in [5, 5.41) is 32.7. The van der Waals surface area contributed by atoms with Gasteiger partial charge in [-0.05, 0) is 5.56 Å². The van der Waals surface area contributed by atoms with E-state index in [0.29, 0.717) is 23.4 Å². The second-order valence-corrected chi connectivity index (χ2v) is 7.18. The first-order valence-corrected chi connectivity index (χ1v) is 9.71. The summed E-state index contributed by atoms with van der Waals surface area (Å²) in [7, 11) is 1.31. The number of carbonyl (C=O) groups excluding carboxylic acids is 1. The number of anilines is 1. The van der Waals surface area contributed by atoms with E-state index in [-0.39, 0.29) is 0 Å². The molecule has 1 fully saturated rings. The lowest BCUT2D eigenvalue weighted by Crippen LogP contribution is -2.33. The van der Waals surface area contributed by atoms with Gasteiger partial charge in [-0.3, -0.25) is 4.57 Å². The third-order valence-electron chi connectivity index (χ3n) is 5.23. The molecule has 3 heterocycles. The predicted octanol–water partition coefficient (Wildman–Crippen LogP) is -0.366. The highest BCUT2D eigenvalue weighted by Gasteiger charge is 2.44. The van der Waals surface area contributed by atoms with Crippen molar-refractivity contribution in [3.8, 4) is 0 Å². The van der Waals surface area contributed by atoms with Gasteiger partial charge < -0.3 is 30.1 Å². The van der Waals surface area contributed by atoms with Crippen LogP contribution in [0.25, 0.3) is 11.2 Å². The summed E-state index contributed by atoms with van der Waals surface area (Å²) in [6, 6.07) is 8.75. The molecule has 0 bridgehead atoms. The number of nitrogens with zero attached hydrogens (tertiary/aromatic N) is 4. The summed E-state index contributed by atoms with van der Waals surface area (Å²) in [6.07, 6.45) is -1.37. The van der Waals surface area contributed by atoms with Crippen LogP contribution >= 0.6 is 0 Å². The lowest BCUT2D eigenvalue weighted by molar-refractivity contribution is -0.141. The highest BCUT2D eigenvalue weighted by atomic mass is 16.6. The maximum absolute atomic E-state index is 12.4. The van der Waals surface area contributed by atoms with Crippen LogP contribution < -0.4 is 5.32 Å². The Hall–Kier alpha value is -3.12. The van der Waals surface area contributed by atoms with Crippen molar-refractivity contribution in [2.24, 2.45) is 0 Å². The summed E-state index contributed by atoms with van der Waals surface area (Å²) >= 11 is 0. The predicted molar refractivity (Wildman–Crippen MR) is 108 cm³/mol. The van der Waals surface area contributed by atoms with Gasteiger partial charge >= 0.3 is 5.97 Å². The van der Waals surface area contributed by atoms with E-state index in [1.807, 2.05) is 30.3 Å². The number of methoxy groups -OCH3 is 1. The molecule has 2 aromatic heterocycles. The molecular weight excluding hydrogens is 406 g/mol. The Morgan fingerprint density at radius 2 is 2.00 bits per heavy atom. The third kappa shape index (κ3) is 4.08. The number of nitrogens with one attached hydrogen (secondary N) is 1. The summed E-state index contributed by atoms with van der Waals surface area (Å²) in [5.74, 6) is -0.152. The van der Waals surface area contributed by atoms with E-state index in [1.54, 1.807) is 0 Å². The molecule has 2 unspecified atom stereocenters. The van der Waals surface area contributed by atoms with Gasteiger partial charge in [0.1, 0.15) is 30.7 Å². The average Bonchev–Trinajstić information content (AvgIpc) is 3.35. The zero-order valence-corrected chi connectivity index (χ0v) is 16.7. The highest BCUT2D eigenvalue weighted by molar-refractivity contribution is 5.86. The molecule has 4 rings (SSSR count). The van der Waals surface area contributed by atoms with E-state index in [1.165, 1.54) is 24.3 Å². The van der Waals surface area contributed by atoms with Crippen molar-refractivity contribution in [1.29, 1.82) is 0 Å². The van der Waals surface area contributed by atoms with Crippen LogP contribution in [-0.2, 0) is 20.7 Å². The number of esters is 1. The fourth-order valence-electron chi connectivity index (χ4n) is 3.60. The molecule has 4 N–H and O–H groups in total. The van der Waals surface area contributed by atoms with E-state index in [9.17, 15) is 20.1 Å². The zero-order valence-electron chi connectivity index (χ0n) is 16.7. The molecule has 1 aliphatic heterocycles. The average molecular weight is 429 g/mol. The SMILES string of the molecule is COC(=O)[C@@H](Cc1ccccc1)Nc1ncnc2c1ncn2[C@@H]1O[C@H](CO)C(O)C1O. The van der Waals surface area contributed by atoms with Crippen molar-refractivity contribution in [1.82, 2.24) is 19.5 Å². The monoisotopic (exact) mass is 429 g/mol. The van der Waals surface area contributed by atoms with Gasteiger partial charge in [0.15, 0.2) is 23.2 Å². The molecule has 11 heteroatoms. The van der Waals surface area contributed by atoms with Crippen molar-refractivity contribution < 1.29 is 29.6 Å². The maximum Gasteiger partial charge on any atom is 0.328 e. The fraction of sp³-hybridized carbons (Fsp3) is 0.400. The molecule has 5 atom stereocenters. The smallest absolute Gasteiger partial charge is 0.328 e. The lowest BCUT2D eigenvalue weighted by Gasteiger charge is -2.18. The number of rotatable bonds is 7. The lowest BCUT2D eigenvalue weighted by atomic mass is 10.1. The van der Waals surface area contributed by atoms with Crippen LogP contribution in [0, 0.1) is 0 Å². The summed E-state index contributed by atoms with van der Waals surface area (Å²) in [6.45, 7) is -0.441. The van der Waals surface area contributed by atoms with Crippen molar-refractivity contribution in [3.63, 3.8) is 0 Å². The first kappa shape index (κ1) is 21.1. The van der Waals surface area contributed by atoms with E-state index in [2.05, 4.69) is 20.3 Å². The summed E-state index contributed by atoms with van der Waals surface area (Å²) < 4.78 is 11.9. The molecule has 11 nitrogen and oxygen atoms in total. The quantitative estimate of drug-likeness (QED) is 0.366. The molecule has 0 saturated carbocycles. The largest absolute Gasteiger partial charge is 0.467 e. The number of aliphatic hydroxyl groups is 3. The number of aliphatic hydroxyl groups excluding tert-OH is 3. The molecule has 31 heavy (non-hydrogen) atoms. The molecule has 164 valence electrons. The fourth-order valence-corrected chi connectivity index (χ4v) is 3.60. The number of fused-ring (bicyclic) bond motifs is 1. The Morgan fingerprint density at radius 1 is 1.23 bits per heavy atom. The second-order valence-electron chi connectivity index (χ2n) is 7.18. The van der Waals surface area contributed by atoms with Gasteiger partial charge in [0.25, 0.3) is 0 Å². The molecule has 0 aliphatic carbocycles. The van der Waals surface area contributed by atoms with Crippen LogP contribution in [0.1, 0.15) is 11.8 Å². The van der Waals surface area contributed by atoms with Crippen LogP contribution in [0.2, 0.25) is 0 Å². The molecule has 0 spiro atoms. The van der Waals surface area contributed by atoms with E-state index < -0.39 is 43.2 Å². The number of hydrogen-bond donors (Lipinski definition) is 4. The Labute approximate surface area is 177 Å². The normalized spacial score (nSPS) is 24.3. The van der Waals surface area contributed by atoms with Crippen molar-refractivity contribution in [2.45, 2.75) is 37.0 Å². The Bertz CT molecular complexity index is 1040. The molecule has 0 amide bonds. The van der Waals surface area contributed by atoms with E-state index >= 15 is 0 Å². The Kier molecular flexibility index (Phi) is 6.09. The summed E-state index contributed by atoms with van der Waals surface area (Å²) in [5.41, 5.74) is 1.62. The van der Waals surface area contributed by atoms with Gasteiger partial charge in [0.05, 0.1) is 20.0 Å². The van der Waals surface area contributed by atoms with Gasteiger partial charge in [0, 0.05) is 6.42 Å². The number of benzene rings is 1. The van der Waals surface area contributed by atoms with Gasteiger partial charge in [-0.15, -0.1) is 0 Å². The van der Waals surface area contributed by atoms with Crippen molar-refractivity contribution >= 4 is 23.0 Å². The minimum atomic E-state index is -1.28. The second kappa shape index (κ2) is 8.94. The third-order valence-corrected chi connectivity index (χ3v) is 5.23. The molecule has 0 radical (unpaired) electrons. The zero-order chi connectivity index (χ0) is 22.0. The number of hydrogen-bond acceptors (Lipinski definition) is 10. The number of ether oxygens (including phenoxy) is 2. The molecule has 1 saturated heterocycles. The van der Waals surface area contributed by atoms with Crippen LogP contribution in [0.5, 0.6) is 0 Å². The molecule has 1 aromatic carbocycles. The molecule has 3 aromatic rings. The van der Waals surface area contributed by atoms with Gasteiger partial charge in [-0.1, -0.05) is 30.3 Å². The Balaban J connectivity index is 1.63.